The number of halogens is 2. The summed E-state index contributed by atoms with van der Waals surface area (Å²) in [7, 11) is -2.32. The molecule has 0 spiro atoms. The normalized spacial score (nSPS) is 11.8. The van der Waals surface area contributed by atoms with Gasteiger partial charge >= 0.3 is 0 Å². The molecule has 0 radical (unpaired) electrons. The summed E-state index contributed by atoms with van der Waals surface area (Å²) in [6.45, 7) is 0. The third-order valence-corrected chi connectivity index (χ3v) is 4.35. The largest absolute Gasteiger partial charge is 0.295 e. The molecule has 3 aromatic rings. The van der Waals surface area contributed by atoms with Crippen LogP contribution in [0.2, 0.25) is 0 Å². The zero-order valence-corrected chi connectivity index (χ0v) is 13.4. The van der Waals surface area contributed by atoms with Crippen LogP contribution in [0.15, 0.2) is 40.4 Å². The molecule has 0 aliphatic carbocycles. The van der Waals surface area contributed by atoms with Crippen LogP contribution in [-0.2, 0) is 16.9 Å². The van der Waals surface area contributed by atoms with Gasteiger partial charge in [-0.25, -0.2) is 22.2 Å². The Hall–Kier alpha value is -2.68. The Labute approximate surface area is 135 Å². The van der Waals surface area contributed by atoms with Crippen molar-refractivity contribution in [3.63, 3.8) is 0 Å². The van der Waals surface area contributed by atoms with Gasteiger partial charge in [0.1, 0.15) is 17.3 Å². The number of sulfone groups is 1. The quantitative estimate of drug-likeness (QED) is 0.656. The van der Waals surface area contributed by atoms with E-state index in [0.717, 1.165) is 23.0 Å². The molecule has 2 heterocycles. The monoisotopic (exact) mass is 351 g/mol. The molecule has 0 atom stereocenters. The Morgan fingerprint density at radius 1 is 1.17 bits per heavy atom. The maximum atomic E-state index is 14.0. The van der Waals surface area contributed by atoms with Crippen LogP contribution in [0.4, 0.5) is 8.78 Å². The molecule has 9 heteroatoms. The van der Waals surface area contributed by atoms with E-state index in [4.69, 9.17) is 0 Å². The number of nitrogens with zero attached hydrogens (tertiary/aromatic N) is 3. The Morgan fingerprint density at radius 2 is 1.79 bits per heavy atom. The van der Waals surface area contributed by atoms with Gasteiger partial charge in [0.15, 0.2) is 0 Å². The van der Waals surface area contributed by atoms with Crippen LogP contribution >= 0.6 is 0 Å². The Morgan fingerprint density at radius 3 is 2.38 bits per heavy atom. The highest BCUT2D eigenvalue weighted by Crippen LogP contribution is 2.25. The maximum Gasteiger partial charge on any atom is 0.260 e. The van der Waals surface area contributed by atoms with Crippen molar-refractivity contribution in [2.45, 2.75) is 5.16 Å². The van der Waals surface area contributed by atoms with Crippen LogP contribution in [0.25, 0.3) is 22.2 Å². The zero-order chi connectivity index (χ0) is 17.6. The summed E-state index contributed by atoms with van der Waals surface area (Å²) < 4.78 is 52.1. The van der Waals surface area contributed by atoms with Gasteiger partial charge in [0, 0.05) is 24.9 Å². The summed E-state index contributed by atoms with van der Waals surface area (Å²) >= 11 is 0. The highest BCUT2D eigenvalue weighted by Gasteiger charge is 2.19. The van der Waals surface area contributed by atoms with E-state index in [0.29, 0.717) is 0 Å². The third kappa shape index (κ3) is 2.56. The molecule has 0 aliphatic rings. The van der Waals surface area contributed by atoms with Crippen LogP contribution < -0.4 is 5.56 Å². The summed E-state index contributed by atoms with van der Waals surface area (Å²) in [6.07, 6.45) is 2.13. The van der Waals surface area contributed by atoms with Crippen LogP contribution in [-0.4, -0.2) is 29.2 Å². The van der Waals surface area contributed by atoms with E-state index in [1.54, 1.807) is 0 Å². The molecule has 0 bridgehead atoms. The minimum Gasteiger partial charge on any atom is -0.295 e. The van der Waals surface area contributed by atoms with Crippen molar-refractivity contribution in [3.8, 4) is 11.1 Å². The van der Waals surface area contributed by atoms with Gasteiger partial charge in [0.05, 0.1) is 11.1 Å². The fraction of sp³-hybridized carbons (Fsp3) is 0.133. The lowest BCUT2D eigenvalue weighted by atomic mass is 10.0. The smallest absolute Gasteiger partial charge is 0.260 e. The molecule has 24 heavy (non-hydrogen) atoms. The second kappa shape index (κ2) is 5.45. The molecular weight excluding hydrogens is 340 g/mol. The Kier molecular flexibility index (Phi) is 3.67. The molecule has 124 valence electrons. The molecule has 0 saturated heterocycles. The summed E-state index contributed by atoms with van der Waals surface area (Å²) in [4.78, 5) is 20.1. The first kappa shape index (κ1) is 16.2. The van der Waals surface area contributed by atoms with Crippen molar-refractivity contribution in [1.29, 1.82) is 0 Å². The first-order valence-electron chi connectivity index (χ1n) is 6.71. The van der Waals surface area contributed by atoms with Gasteiger partial charge < -0.3 is 0 Å². The van der Waals surface area contributed by atoms with Crippen molar-refractivity contribution in [2.75, 3.05) is 6.26 Å². The molecule has 2 aromatic heterocycles. The van der Waals surface area contributed by atoms with E-state index in [1.807, 2.05) is 0 Å². The highest BCUT2D eigenvalue weighted by molar-refractivity contribution is 7.90. The fourth-order valence-corrected chi connectivity index (χ4v) is 2.84. The lowest BCUT2D eigenvalue weighted by molar-refractivity contribution is 0.589. The fourth-order valence-electron chi connectivity index (χ4n) is 2.34. The lowest BCUT2D eigenvalue weighted by Crippen LogP contribution is -2.21. The Bertz CT molecular complexity index is 1120. The van der Waals surface area contributed by atoms with Gasteiger partial charge in [0.25, 0.3) is 5.56 Å². The summed E-state index contributed by atoms with van der Waals surface area (Å²) in [5, 5.41) is -0.156. The standard InChI is InChI=1S/C15H11F2N3O3S/c1-20-13-8(7-18-15(19-13)24(2,22)23)6-9(14(20)21)12-10(16)4-3-5-11(12)17/h3-7H,1-2H3. The van der Waals surface area contributed by atoms with Crippen molar-refractivity contribution >= 4 is 20.9 Å². The maximum absolute atomic E-state index is 14.0. The summed E-state index contributed by atoms with van der Waals surface area (Å²) in [5.74, 6) is -1.75. The SMILES string of the molecule is Cn1c(=O)c(-c2c(F)cccc2F)cc2cnc(S(C)(=O)=O)nc21. The number of aryl methyl sites for hydroxylation is 1. The average Bonchev–Trinajstić information content (AvgIpc) is 2.50. The summed E-state index contributed by atoms with van der Waals surface area (Å²) in [5.41, 5.74) is -1.30. The van der Waals surface area contributed by atoms with Gasteiger partial charge in [-0.2, -0.15) is 4.98 Å². The minimum atomic E-state index is -3.66. The van der Waals surface area contributed by atoms with E-state index in [9.17, 15) is 22.0 Å². The van der Waals surface area contributed by atoms with Crippen LogP contribution in [0.5, 0.6) is 0 Å². The number of fused-ring (bicyclic) bond motifs is 1. The minimum absolute atomic E-state index is 0.0518. The molecule has 6 nitrogen and oxygen atoms in total. The number of pyridine rings is 1. The second-order valence-electron chi connectivity index (χ2n) is 5.22. The van der Waals surface area contributed by atoms with Crippen LogP contribution in [0.1, 0.15) is 0 Å². The predicted octanol–water partition coefficient (Wildman–Crippen LogP) is 1.68. The predicted molar refractivity (Wildman–Crippen MR) is 83.2 cm³/mol. The number of benzene rings is 1. The van der Waals surface area contributed by atoms with Gasteiger partial charge in [-0.15, -0.1) is 0 Å². The molecular formula is C15H11F2N3O3S. The molecule has 0 aliphatic heterocycles. The Balaban J connectivity index is 2.39. The van der Waals surface area contributed by atoms with E-state index in [-0.39, 0.29) is 16.6 Å². The molecule has 0 saturated carbocycles. The topological polar surface area (TPSA) is 81.9 Å². The highest BCUT2D eigenvalue weighted by atomic mass is 32.2. The first-order chi connectivity index (χ1) is 11.2. The van der Waals surface area contributed by atoms with Gasteiger partial charge in [-0.1, -0.05) is 6.07 Å². The van der Waals surface area contributed by atoms with Crippen molar-refractivity contribution in [3.05, 3.63) is 52.5 Å². The number of rotatable bonds is 2. The van der Waals surface area contributed by atoms with Crippen molar-refractivity contribution in [1.82, 2.24) is 14.5 Å². The van der Waals surface area contributed by atoms with E-state index < -0.39 is 37.8 Å². The van der Waals surface area contributed by atoms with E-state index >= 15 is 0 Å². The summed E-state index contributed by atoms with van der Waals surface area (Å²) in [6, 6.07) is 4.53. The van der Waals surface area contributed by atoms with Gasteiger partial charge in [-0.05, 0) is 18.2 Å². The molecule has 0 N–H and O–H groups in total. The van der Waals surface area contributed by atoms with E-state index in [1.165, 1.54) is 25.4 Å². The van der Waals surface area contributed by atoms with Gasteiger partial charge in [-0.3, -0.25) is 9.36 Å². The molecule has 3 rings (SSSR count). The van der Waals surface area contributed by atoms with Crippen LogP contribution in [0, 0.1) is 11.6 Å². The molecule has 0 fully saturated rings. The van der Waals surface area contributed by atoms with E-state index in [2.05, 4.69) is 9.97 Å². The second-order valence-corrected chi connectivity index (χ2v) is 7.13. The first-order valence-corrected chi connectivity index (χ1v) is 8.60. The van der Waals surface area contributed by atoms with Crippen molar-refractivity contribution in [2.24, 2.45) is 7.05 Å². The third-order valence-electron chi connectivity index (χ3n) is 3.49. The number of hydrogen-bond donors (Lipinski definition) is 0. The van der Waals surface area contributed by atoms with Gasteiger partial charge in [0.2, 0.25) is 15.0 Å². The lowest BCUT2D eigenvalue weighted by Gasteiger charge is -2.10. The number of hydrogen-bond acceptors (Lipinski definition) is 5. The molecule has 0 amide bonds. The van der Waals surface area contributed by atoms with Crippen LogP contribution in [0.3, 0.4) is 0 Å². The van der Waals surface area contributed by atoms with Crippen molar-refractivity contribution < 1.29 is 17.2 Å². The zero-order valence-electron chi connectivity index (χ0n) is 12.6. The average molecular weight is 351 g/mol. The molecule has 0 unspecified atom stereocenters. The number of aromatic nitrogens is 3. The molecule has 1 aromatic carbocycles.